The number of aromatic nitrogens is 3. The lowest BCUT2D eigenvalue weighted by Crippen LogP contribution is -2.11. The lowest BCUT2D eigenvalue weighted by Gasteiger charge is -2.06. The van der Waals surface area contributed by atoms with Crippen molar-refractivity contribution in [2.75, 3.05) is 5.32 Å². The van der Waals surface area contributed by atoms with Crippen molar-refractivity contribution < 1.29 is 9.53 Å². The van der Waals surface area contributed by atoms with E-state index in [1.165, 1.54) is 11.3 Å². The predicted molar refractivity (Wildman–Crippen MR) is 126 cm³/mol. The Hall–Kier alpha value is -3.97. The molecule has 1 amide bonds. The van der Waals surface area contributed by atoms with Gasteiger partial charge in [0, 0.05) is 28.9 Å². The standard InChI is InChI=1S/C25H20N4O2S/c1-17-6-5-13-29-14-20(26-23(17)29)15-31-21-11-9-19(10-12-21)24(30)28-25-27-22(16-32-25)18-7-3-2-4-8-18/h2-14,16H,15H2,1H3,(H,27,28,30). The number of nitrogens with one attached hydrogen (secondary N) is 1. The van der Waals surface area contributed by atoms with Crippen LogP contribution in [0, 0.1) is 6.92 Å². The Kier molecular flexibility index (Phi) is 5.39. The fourth-order valence-corrected chi connectivity index (χ4v) is 4.09. The van der Waals surface area contributed by atoms with Gasteiger partial charge >= 0.3 is 0 Å². The number of hydrogen-bond donors (Lipinski definition) is 1. The van der Waals surface area contributed by atoms with Crippen molar-refractivity contribution in [1.82, 2.24) is 14.4 Å². The van der Waals surface area contributed by atoms with Gasteiger partial charge in [-0.15, -0.1) is 11.3 Å². The van der Waals surface area contributed by atoms with Crippen molar-refractivity contribution >= 4 is 28.0 Å². The van der Waals surface area contributed by atoms with Crippen LogP contribution in [0.5, 0.6) is 5.75 Å². The van der Waals surface area contributed by atoms with Crippen molar-refractivity contribution in [2.24, 2.45) is 0 Å². The maximum absolute atomic E-state index is 12.6. The molecule has 3 aromatic heterocycles. The minimum absolute atomic E-state index is 0.207. The van der Waals surface area contributed by atoms with Crippen LogP contribution in [0.2, 0.25) is 0 Å². The molecule has 0 atom stereocenters. The Morgan fingerprint density at radius 3 is 2.62 bits per heavy atom. The second-order valence-corrected chi connectivity index (χ2v) is 8.18. The monoisotopic (exact) mass is 440 g/mol. The Labute approximate surface area is 189 Å². The first kappa shape index (κ1) is 20.0. The second kappa shape index (κ2) is 8.64. The summed E-state index contributed by atoms with van der Waals surface area (Å²) in [6.45, 7) is 2.39. The topological polar surface area (TPSA) is 68.5 Å². The molecule has 0 fully saturated rings. The molecule has 0 bridgehead atoms. The number of benzene rings is 2. The van der Waals surface area contributed by atoms with Gasteiger partial charge in [-0.1, -0.05) is 36.4 Å². The van der Waals surface area contributed by atoms with Crippen LogP contribution in [-0.2, 0) is 6.61 Å². The normalized spacial score (nSPS) is 10.9. The molecule has 0 saturated carbocycles. The number of fused-ring (bicyclic) bond motifs is 1. The molecule has 0 aliphatic carbocycles. The molecule has 6 nitrogen and oxygen atoms in total. The van der Waals surface area contributed by atoms with Crippen LogP contribution < -0.4 is 10.1 Å². The van der Waals surface area contributed by atoms with Gasteiger partial charge < -0.3 is 9.14 Å². The molecule has 7 heteroatoms. The number of amides is 1. The lowest BCUT2D eigenvalue weighted by molar-refractivity contribution is 0.102. The van der Waals surface area contributed by atoms with Crippen molar-refractivity contribution in [3.63, 3.8) is 0 Å². The minimum Gasteiger partial charge on any atom is -0.487 e. The van der Waals surface area contributed by atoms with E-state index in [2.05, 4.69) is 15.3 Å². The molecule has 158 valence electrons. The zero-order chi connectivity index (χ0) is 21.9. The van der Waals surface area contributed by atoms with E-state index in [9.17, 15) is 4.79 Å². The molecule has 0 unspecified atom stereocenters. The first-order chi connectivity index (χ1) is 15.7. The van der Waals surface area contributed by atoms with E-state index in [-0.39, 0.29) is 5.91 Å². The van der Waals surface area contributed by atoms with Crippen molar-refractivity contribution in [1.29, 1.82) is 0 Å². The second-order valence-electron chi connectivity index (χ2n) is 7.33. The van der Waals surface area contributed by atoms with Gasteiger partial charge in [-0.3, -0.25) is 10.1 Å². The number of anilines is 1. The Morgan fingerprint density at radius 1 is 1.03 bits per heavy atom. The average molecular weight is 441 g/mol. The number of pyridine rings is 1. The maximum Gasteiger partial charge on any atom is 0.257 e. The summed E-state index contributed by atoms with van der Waals surface area (Å²) in [6.07, 6.45) is 3.93. The molecule has 0 aliphatic heterocycles. The lowest BCUT2D eigenvalue weighted by atomic mass is 10.2. The molecule has 2 aromatic carbocycles. The number of carbonyl (C=O) groups excluding carboxylic acids is 1. The van der Waals surface area contributed by atoms with Gasteiger partial charge in [0.1, 0.15) is 18.0 Å². The zero-order valence-electron chi connectivity index (χ0n) is 17.4. The number of ether oxygens (including phenoxy) is 1. The highest BCUT2D eigenvalue weighted by atomic mass is 32.1. The summed E-state index contributed by atoms with van der Waals surface area (Å²) in [4.78, 5) is 21.7. The molecule has 0 aliphatic rings. The van der Waals surface area contributed by atoms with Gasteiger partial charge in [-0.25, -0.2) is 9.97 Å². The van der Waals surface area contributed by atoms with E-state index in [1.807, 2.05) is 71.6 Å². The zero-order valence-corrected chi connectivity index (χ0v) is 18.2. The van der Waals surface area contributed by atoms with E-state index in [0.29, 0.717) is 23.1 Å². The van der Waals surface area contributed by atoms with E-state index in [1.54, 1.807) is 24.3 Å². The average Bonchev–Trinajstić information content (AvgIpc) is 3.46. The van der Waals surface area contributed by atoms with Gasteiger partial charge in [0.15, 0.2) is 5.13 Å². The third-order valence-corrected chi connectivity index (χ3v) is 5.78. The molecule has 3 heterocycles. The summed E-state index contributed by atoms with van der Waals surface area (Å²) in [7, 11) is 0. The van der Waals surface area contributed by atoms with Crippen LogP contribution in [0.15, 0.2) is 84.5 Å². The summed E-state index contributed by atoms with van der Waals surface area (Å²) < 4.78 is 7.84. The number of imidazole rings is 1. The Bertz CT molecular complexity index is 1370. The number of hydrogen-bond acceptors (Lipinski definition) is 5. The molecule has 5 rings (SSSR count). The summed E-state index contributed by atoms with van der Waals surface area (Å²) >= 11 is 1.40. The fraction of sp³-hybridized carbons (Fsp3) is 0.0800. The van der Waals surface area contributed by atoms with Crippen LogP contribution in [0.3, 0.4) is 0 Å². The van der Waals surface area contributed by atoms with Gasteiger partial charge in [0.25, 0.3) is 5.91 Å². The summed E-state index contributed by atoms with van der Waals surface area (Å²) in [5.41, 5.74) is 5.29. The highest BCUT2D eigenvalue weighted by molar-refractivity contribution is 7.14. The molecule has 0 radical (unpaired) electrons. The van der Waals surface area contributed by atoms with E-state index in [4.69, 9.17) is 4.74 Å². The van der Waals surface area contributed by atoms with E-state index < -0.39 is 0 Å². The van der Waals surface area contributed by atoms with Crippen LogP contribution in [-0.4, -0.2) is 20.3 Å². The maximum atomic E-state index is 12.6. The molecule has 5 aromatic rings. The number of rotatable bonds is 6. The van der Waals surface area contributed by atoms with Crippen LogP contribution in [0.4, 0.5) is 5.13 Å². The van der Waals surface area contributed by atoms with E-state index >= 15 is 0 Å². The highest BCUT2D eigenvalue weighted by Gasteiger charge is 2.11. The van der Waals surface area contributed by atoms with Crippen molar-refractivity contribution in [3.8, 4) is 17.0 Å². The molecular weight excluding hydrogens is 420 g/mol. The van der Waals surface area contributed by atoms with Crippen molar-refractivity contribution in [3.05, 3.63) is 101 Å². The molecular formula is C25H20N4O2S. The molecule has 0 spiro atoms. The molecule has 1 N–H and O–H groups in total. The molecule has 32 heavy (non-hydrogen) atoms. The molecule has 0 saturated heterocycles. The SMILES string of the molecule is Cc1cccn2cc(COc3ccc(C(=O)Nc4nc(-c5ccccc5)cs4)cc3)nc12. The third-order valence-electron chi connectivity index (χ3n) is 5.03. The summed E-state index contributed by atoms with van der Waals surface area (Å²) in [5, 5.41) is 5.36. The van der Waals surface area contributed by atoms with Gasteiger partial charge in [0.05, 0.1) is 11.4 Å². The summed E-state index contributed by atoms with van der Waals surface area (Å²) in [5.74, 6) is 0.470. The smallest absolute Gasteiger partial charge is 0.257 e. The Morgan fingerprint density at radius 2 is 1.84 bits per heavy atom. The minimum atomic E-state index is -0.207. The van der Waals surface area contributed by atoms with Crippen LogP contribution in [0.25, 0.3) is 16.9 Å². The largest absolute Gasteiger partial charge is 0.487 e. The van der Waals surface area contributed by atoms with Crippen molar-refractivity contribution in [2.45, 2.75) is 13.5 Å². The first-order valence-corrected chi connectivity index (χ1v) is 11.0. The highest BCUT2D eigenvalue weighted by Crippen LogP contribution is 2.25. The van der Waals surface area contributed by atoms with Gasteiger partial charge in [-0.2, -0.15) is 0 Å². The third kappa shape index (κ3) is 4.24. The quantitative estimate of drug-likeness (QED) is 0.373. The number of nitrogens with zero attached hydrogens (tertiary/aromatic N) is 3. The van der Waals surface area contributed by atoms with Crippen LogP contribution >= 0.6 is 11.3 Å². The number of aryl methyl sites for hydroxylation is 1. The fourth-order valence-electron chi connectivity index (χ4n) is 3.38. The first-order valence-electron chi connectivity index (χ1n) is 10.1. The van der Waals surface area contributed by atoms with E-state index in [0.717, 1.165) is 28.2 Å². The predicted octanol–water partition coefficient (Wildman–Crippen LogP) is 5.60. The van der Waals surface area contributed by atoms with Gasteiger partial charge in [0.2, 0.25) is 0 Å². The number of carbonyl (C=O) groups is 1. The summed E-state index contributed by atoms with van der Waals surface area (Å²) in [6, 6.07) is 21.0. The number of thiazole rings is 1. The van der Waals surface area contributed by atoms with Gasteiger partial charge in [-0.05, 0) is 42.8 Å². The Balaban J connectivity index is 1.21. The van der Waals surface area contributed by atoms with Crippen LogP contribution in [0.1, 0.15) is 21.6 Å².